The molecule has 10 heteroatoms. The Hall–Kier alpha value is -3.66. The van der Waals surface area contributed by atoms with Crippen molar-refractivity contribution in [3.63, 3.8) is 0 Å². The minimum Gasteiger partial charge on any atom is -0.497 e. The number of anilines is 1. The van der Waals surface area contributed by atoms with Crippen LogP contribution in [0.2, 0.25) is 0 Å². The maximum Gasteiger partial charge on any atom is 0.319 e. The SMILES string of the molecule is COc1cc(NC(=O)NCCc2csc3nc(-c4cccc(F)c4)nn23)cc(OC)c1. The van der Waals surface area contributed by atoms with Gasteiger partial charge in [0.2, 0.25) is 4.96 Å². The molecule has 4 rings (SSSR count). The summed E-state index contributed by atoms with van der Waals surface area (Å²) in [6.45, 7) is 0.397. The molecule has 0 fully saturated rings. The average molecular weight is 441 g/mol. The molecule has 0 bridgehead atoms. The standard InChI is InChI=1S/C21H20FN5O3S/c1-29-17-9-15(10-18(11-17)30-2)24-20(28)23-7-6-16-12-31-21-25-19(26-27(16)21)13-4-3-5-14(22)8-13/h3-5,8-12H,6-7H2,1-2H3,(H2,23,24,28). The number of hydrogen-bond donors (Lipinski definition) is 2. The highest BCUT2D eigenvalue weighted by Gasteiger charge is 2.12. The summed E-state index contributed by atoms with van der Waals surface area (Å²) in [5.41, 5.74) is 2.08. The zero-order valence-corrected chi connectivity index (χ0v) is 17.7. The average Bonchev–Trinajstić information content (AvgIpc) is 3.35. The highest BCUT2D eigenvalue weighted by Crippen LogP contribution is 2.25. The Morgan fingerprint density at radius 3 is 2.65 bits per heavy atom. The number of rotatable bonds is 7. The quantitative estimate of drug-likeness (QED) is 0.453. The smallest absolute Gasteiger partial charge is 0.319 e. The Bertz CT molecular complexity index is 1200. The molecule has 4 aromatic rings. The summed E-state index contributed by atoms with van der Waals surface area (Å²) < 4.78 is 25.6. The van der Waals surface area contributed by atoms with Crippen LogP contribution in [0.25, 0.3) is 16.3 Å². The normalized spacial score (nSPS) is 10.8. The summed E-state index contributed by atoms with van der Waals surface area (Å²) >= 11 is 1.44. The number of hydrogen-bond acceptors (Lipinski definition) is 6. The van der Waals surface area contributed by atoms with Crippen molar-refractivity contribution in [3.8, 4) is 22.9 Å². The molecule has 2 heterocycles. The van der Waals surface area contributed by atoms with Gasteiger partial charge in [-0.3, -0.25) is 0 Å². The van der Waals surface area contributed by atoms with Gasteiger partial charge in [-0.15, -0.1) is 16.4 Å². The van der Waals surface area contributed by atoms with E-state index in [0.717, 1.165) is 5.69 Å². The van der Waals surface area contributed by atoms with Crippen molar-refractivity contribution in [3.05, 3.63) is 59.4 Å². The van der Waals surface area contributed by atoms with E-state index >= 15 is 0 Å². The number of halogens is 1. The fraction of sp³-hybridized carbons (Fsp3) is 0.190. The Morgan fingerprint density at radius 1 is 1.16 bits per heavy atom. The lowest BCUT2D eigenvalue weighted by atomic mass is 10.2. The van der Waals surface area contributed by atoms with Crippen LogP contribution in [0.1, 0.15) is 5.69 Å². The van der Waals surface area contributed by atoms with Crippen LogP contribution in [-0.2, 0) is 6.42 Å². The maximum absolute atomic E-state index is 13.5. The summed E-state index contributed by atoms with van der Waals surface area (Å²) in [6.07, 6.45) is 0.556. The highest BCUT2D eigenvalue weighted by atomic mass is 32.1. The molecule has 0 radical (unpaired) electrons. The molecule has 2 amide bonds. The predicted molar refractivity (Wildman–Crippen MR) is 117 cm³/mol. The third-order valence-electron chi connectivity index (χ3n) is 4.51. The second-order valence-electron chi connectivity index (χ2n) is 6.60. The van der Waals surface area contributed by atoms with Crippen LogP contribution >= 0.6 is 11.3 Å². The predicted octanol–water partition coefficient (Wildman–Crippen LogP) is 3.98. The summed E-state index contributed by atoms with van der Waals surface area (Å²) in [4.78, 5) is 17.4. The highest BCUT2D eigenvalue weighted by molar-refractivity contribution is 7.15. The molecule has 0 saturated heterocycles. The van der Waals surface area contributed by atoms with Crippen LogP contribution in [-0.4, -0.2) is 41.4 Å². The zero-order chi connectivity index (χ0) is 21.8. The first-order valence-electron chi connectivity index (χ1n) is 9.42. The van der Waals surface area contributed by atoms with Crippen molar-refractivity contribution in [1.82, 2.24) is 19.9 Å². The van der Waals surface area contributed by atoms with Crippen LogP contribution in [0, 0.1) is 5.82 Å². The fourth-order valence-corrected chi connectivity index (χ4v) is 3.86. The number of nitrogens with one attached hydrogen (secondary N) is 2. The van der Waals surface area contributed by atoms with Gasteiger partial charge < -0.3 is 20.1 Å². The number of urea groups is 1. The van der Waals surface area contributed by atoms with E-state index in [2.05, 4.69) is 20.7 Å². The van der Waals surface area contributed by atoms with Gasteiger partial charge in [-0.05, 0) is 12.1 Å². The minimum absolute atomic E-state index is 0.334. The molecule has 2 aromatic heterocycles. The summed E-state index contributed by atoms with van der Waals surface area (Å²) in [7, 11) is 3.09. The molecular formula is C21H20FN5O3S. The number of benzene rings is 2. The van der Waals surface area contributed by atoms with Gasteiger partial charge in [0, 0.05) is 47.8 Å². The molecule has 31 heavy (non-hydrogen) atoms. The Balaban J connectivity index is 1.38. The van der Waals surface area contributed by atoms with Gasteiger partial charge in [0.1, 0.15) is 17.3 Å². The van der Waals surface area contributed by atoms with Gasteiger partial charge in [0.15, 0.2) is 5.82 Å². The van der Waals surface area contributed by atoms with E-state index in [9.17, 15) is 9.18 Å². The molecule has 2 N–H and O–H groups in total. The Kier molecular flexibility index (Phi) is 5.99. The number of amides is 2. The number of nitrogens with zero attached hydrogens (tertiary/aromatic N) is 3. The van der Waals surface area contributed by atoms with Crippen molar-refractivity contribution in [2.24, 2.45) is 0 Å². The van der Waals surface area contributed by atoms with Gasteiger partial charge in [-0.25, -0.2) is 13.7 Å². The second kappa shape index (κ2) is 9.00. The second-order valence-corrected chi connectivity index (χ2v) is 7.44. The monoisotopic (exact) mass is 441 g/mol. The van der Waals surface area contributed by atoms with Crippen LogP contribution < -0.4 is 20.1 Å². The molecule has 0 atom stereocenters. The van der Waals surface area contributed by atoms with Crippen molar-refractivity contribution >= 4 is 28.0 Å². The van der Waals surface area contributed by atoms with Crippen LogP contribution in [0.4, 0.5) is 14.9 Å². The first-order valence-corrected chi connectivity index (χ1v) is 10.3. The molecule has 0 saturated carbocycles. The van der Waals surface area contributed by atoms with E-state index in [4.69, 9.17) is 9.47 Å². The fourth-order valence-electron chi connectivity index (χ4n) is 3.01. The third-order valence-corrected chi connectivity index (χ3v) is 5.37. The number of carbonyl (C=O) groups is 1. The maximum atomic E-state index is 13.5. The lowest BCUT2D eigenvalue weighted by Gasteiger charge is -2.10. The summed E-state index contributed by atoms with van der Waals surface area (Å²) in [5.74, 6) is 1.29. The topological polar surface area (TPSA) is 89.8 Å². The largest absolute Gasteiger partial charge is 0.497 e. The Morgan fingerprint density at radius 2 is 1.94 bits per heavy atom. The lowest BCUT2D eigenvalue weighted by molar-refractivity contribution is 0.252. The van der Waals surface area contributed by atoms with Crippen molar-refractivity contribution < 1.29 is 18.7 Å². The molecule has 0 aliphatic heterocycles. The molecule has 2 aromatic carbocycles. The van der Waals surface area contributed by atoms with E-state index < -0.39 is 0 Å². The first kappa shape index (κ1) is 20.6. The van der Waals surface area contributed by atoms with Gasteiger partial charge in [0.25, 0.3) is 0 Å². The van der Waals surface area contributed by atoms with Crippen molar-refractivity contribution in [2.45, 2.75) is 6.42 Å². The zero-order valence-electron chi connectivity index (χ0n) is 16.9. The van der Waals surface area contributed by atoms with Gasteiger partial charge in [0.05, 0.1) is 19.9 Å². The van der Waals surface area contributed by atoms with Gasteiger partial charge in [-0.2, -0.15) is 4.98 Å². The molecule has 0 aliphatic rings. The lowest BCUT2D eigenvalue weighted by Crippen LogP contribution is -2.30. The Labute approximate surface area is 181 Å². The number of aromatic nitrogens is 3. The molecule has 160 valence electrons. The van der Waals surface area contributed by atoms with E-state index in [0.29, 0.717) is 46.5 Å². The molecule has 8 nitrogen and oxygen atoms in total. The number of fused-ring (bicyclic) bond motifs is 1. The van der Waals surface area contributed by atoms with Crippen molar-refractivity contribution in [2.75, 3.05) is 26.1 Å². The third kappa shape index (κ3) is 4.75. The molecule has 0 aliphatic carbocycles. The summed E-state index contributed by atoms with van der Waals surface area (Å²) in [6, 6.07) is 11.0. The molecule has 0 spiro atoms. The van der Waals surface area contributed by atoms with Crippen LogP contribution in [0.15, 0.2) is 47.8 Å². The van der Waals surface area contributed by atoms with E-state index in [-0.39, 0.29) is 11.8 Å². The van der Waals surface area contributed by atoms with Crippen molar-refractivity contribution in [1.29, 1.82) is 0 Å². The summed E-state index contributed by atoms with van der Waals surface area (Å²) in [5, 5.41) is 12.0. The van der Waals surface area contributed by atoms with E-state index in [1.54, 1.807) is 49.1 Å². The first-order chi connectivity index (χ1) is 15.1. The number of thiazole rings is 1. The molecular weight excluding hydrogens is 421 g/mol. The van der Waals surface area contributed by atoms with Gasteiger partial charge in [-0.1, -0.05) is 12.1 Å². The van der Waals surface area contributed by atoms with Gasteiger partial charge >= 0.3 is 6.03 Å². The van der Waals surface area contributed by atoms with Crippen LogP contribution in [0.5, 0.6) is 11.5 Å². The number of ether oxygens (including phenoxy) is 2. The van der Waals surface area contributed by atoms with E-state index in [1.165, 1.54) is 23.5 Å². The van der Waals surface area contributed by atoms with Crippen LogP contribution in [0.3, 0.4) is 0 Å². The number of carbonyl (C=O) groups excluding carboxylic acids is 1. The minimum atomic E-state index is -0.346. The number of methoxy groups -OCH3 is 2. The van der Waals surface area contributed by atoms with E-state index in [1.807, 2.05) is 5.38 Å². The molecule has 0 unspecified atom stereocenters.